The third-order valence-corrected chi connectivity index (χ3v) is 10.7. The first-order valence-electron chi connectivity index (χ1n) is 11.8. The summed E-state index contributed by atoms with van der Waals surface area (Å²) in [6.07, 6.45) is 5.80. The van der Waals surface area contributed by atoms with Crippen molar-refractivity contribution >= 4 is 31.4 Å². The van der Waals surface area contributed by atoms with Gasteiger partial charge in [-0.2, -0.15) is 0 Å². The number of nitrogens with zero attached hydrogens (tertiary/aromatic N) is 1. The summed E-state index contributed by atoms with van der Waals surface area (Å²) in [7, 11) is -7.69. The second-order valence-electron chi connectivity index (χ2n) is 11.6. The van der Waals surface area contributed by atoms with Gasteiger partial charge in [-0.25, -0.2) is 26.7 Å². The van der Waals surface area contributed by atoms with E-state index in [-0.39, 0.29) is 9.10 Å². The zero-order valence-electron chi connectivity index (χ0n) is 21.4. The number of hydrogen-bond acceptors (Lipinski definition) is 5. The van der Waals surface area contributed by atoms with Crippen LogP contribution in [0.15, 0.2) is 21.2 Å². The number of nitrogens with one attached hydrogen (secondary N) is 1. The first-order chi connectivity index (χ1) is 15.4. The maximum Gasteiger partial charge on any atom is 0.250 e. The quantitative estimate of drug-likeness (QED) is 0.540. The minimum Gasteiger partial charge on any atom is -0.343 e. The molecule has 1 saturated carbocycles. The molecule has 0 radical (unpaired) electrons. The highest BCUT2D eigenvalue weighted by atomic mass is 32.2. The lowest BCUT2D eigenvalue weighted by Gasteiger charge is -2.24. The van der Waals surface area contributed by atoms with Crippen LogP contribution in [0.1, 0.15) is 84.9 Å². The lowest BCUT2D eigenvalue weighted by Crippen LogP contribution is -2.40. The molecular weight excluding hydrogens is 490 g/mol. The fourth-order valence-electron chi connectivity index (χ4n) is 4.65. The van der Waals surface area contributed by atoms with Crippen molar-refractivity contribution < 1.29 is 16.8 Å². The lowest BCUT2D eigenvalue weighted by atomic mass is 9.88. The average molecular weight is 530 g/mol. The van der Waals surface area contributed by atoms with E-state index in [1.165, 1.54) is 30.6 Å². The predicted molar refractivity (Wildman–Crippen MR) is 139 cm³/mol. The van der Waals surface area contributed by atoms with Crippen molar-refractivity contribution in [2.45, 2.75) is 107 Å². The molecule has 0 spiro atoms. The Morgan fingerprint density at radius 3 is 2.12 bits per heavy atom. The fourth-order valence-corrected chi connectivity index (χ4v) is 8.96. The maximum atomic E-state index is 13.4. The first-order valence-corrected chi connectivity index (χ1v) is 15.7. The largest absolute Gasteiger partial charge is 0.343 e. The van der Waals surface area contributed by atoms with Gasteiger partial charge in [0.15, 0.2) is 0 Å². The minimum atomic E-state index is -3.91. The van der Waals surface area contributed by atoms with Crippen LogP contribution in [0.5, 0.6) is 0 Å². The molecule has 192 valence electrons. The summed E-state index contributed by atoms with van der Waals surface area (Å²) >= 11 is 1.19. The van der Waals surface area contributed by atoms with Crippen LogP contribution in [0.3, 0.4) is 0 Å². The van der Waals surface area contributed by atoms with Gasteiger partial charge in [0.25, 0.3) is 10.0 Å². The van der Waals surface area contributed by atoms with Gasteiger partial charge in [-0.15, -0.1) is 11.3 Å². The Kier molecular flexibility index (Phi) is 7.53. The SMILES string of the molecule is Cc1c(S(N)(=O)=O)cc(-c2cc(C(C)(C)C)c(S(=O)(=O)NC(C)(C)C)s2)n1CC1CCCCC1. The molecule has 2 heterocycles. The van der Waals surface area contributed by atoms with Gasteiger partial charge in [-0.3, -0.25) is 0 Å². The maximum absolute atomic E-state index is 13.4. The van der Waals surface area contributed by atoms with Gasteiger partial charge in [0.05, 0.1) is 10.6 Å². The Morgan fingerprint density at radius 1 is 1.03 bits per heavy atom. The topological polar surface area (TPSA) is 111 Å². The zero-order valence-corrected chi connectivity index (χ0v) is 23.8. The molecule has 2 aromatic heterocycles. The fraction of sp³-hybridized carbons (Fsp3) is 0.667. The van der Waals surface area contributed by atoms with E-state index in [9.17, 15) is 16.8 Å². The highest BCUT2D eigenvalue weighted by Crippen LogP contribution is 2.42. The molecule has 1 aliphatic carbocycles. The molecule has 2 aromatic rings. The number of rotatable bonds is 6. The number of thiophene rings is 1. The molecule has 0 unspecified atom stereocenters. The molecule has 0 aromatic carbocycles. The van der Waals surface area contributed by atoms with Gasteiger partial charge < -0.3 is 4.57 Å². The summed E-state index contributed by atoms with van der Waals surface area (Å²) in [6, 6.07) is 3.51. The molecule has 0 atom stereocenters. The summed E-state index contributed by atoms with van der Waals surface area (Å²) in [5, 5.41) is 5.55. The Morgan fingerprint density at radius 2 is 1.62 bits per heavy atom. The van der Waals surface area contributed by atoms with Crippen LogP contribution in [0.4, 0.5) is 0 Å². The summed E-state index contributed by atoms with van der Waals surface area (Å²) < 4.78 is 56.5. The molecule has 1 fully saturated rings. The van der Waals surface area contributed by atoms with Crippen LogP contribution >= 0.6 is 11.3 Å². The van der Waals surface area contributed by atoms with Crippen LogP contribution in [0, 0.1) is 12.8 Å². The van der Waals surface area contributed by atoms with Crippen LogP contribution < -0.4 is 9.86 Å². The number of primary sulfonamides is 1. The van der Waals surface area contributed by atoms with E-state index in [1.54, 1.807) is 13.0 Å². The van der Waals surface area contributed by atoms with Crippen molar-refractivity contribution in [1.29, 1.82) is 0 Å². The molecule has 3 rings (SSSR count). The third kappa shape index (κ3) is 6.13. The van der Waals surface area contributed by atoms with Gasteiger partial charge in [0.2, 0.25) is 10.0 Å². The van der Waals surface area contributed by atoms with Crippen molar-refractivity contribution in [3.8, 4) is 10.6 Å². The number of sulfonamides is 2. The summed E-state index contributed by atoms with van der Waals surface area (Å²) in [5.41, 5.74) is 0.974. The molecule has 0 bridgehead atoms. The molecular formula is C24H39N3O4S3. The van der Waals surface area contributed by atoms with E-state index in [0.29, 0.717) is 29.4 Å². The highest BCUT2D eigenvalue weighted by molar-refractivity contribution is 7.91. The van der Waals surface area contributed by atoms with Crippen LogP contribution in [-0.2, 0) is 32.0 Å². The molecule has 0 amide bonds. The van der Waals surface area contributed by atoms with Gasteiger partial charge >= 0.3 is 0 Å². The van der Waals surface area contributed by atoms with Crippen molar-refractivity contribution in [3.63, 3.8) is 0 Å². The molecule has 0 aliphatic heterocycles. The normalized spacial score (nSPS) is 16.8. The first kappa shape index (κ1) is 27.4. The summed E-state index contributed by atoms with van der Waals surface area (Å²) in [4.78, 5) is 0.828. The molecule has 10 heteroatoms. The second kappa shape index (κ2) is 9.35. The minimum absolute atomic E-state index is 0.0984. The van der Waals surface area contributed by atoms with Crippen LogP contribution in [-0.4, -0.2) is 26.9 Å². The lowest BCUT2D eigenvalue weighted by molar-refractivity contribution is 0.318. The van der Waals surface area contributed by atoms with E-state index in [0.717, 1.165) is 17.7 Å². The predicted octanol–water partition coefficient (Wildman–Crippen LogP) is 5.13. The Bertz CT molecular complexity index is 1250. The third-order valence-electron chi connectivity index (χ3n) is 6.24. The van der Waals surface area contributed by atoms with E-state index < -0.39 is 31.0 Å². The standard InChI is InChI=1S/C24H39N3O4S3/c1-16-21(33(25,28)29)14-19(27(16)15-17-11-9-8-10-12-17)20-13-18(23(2,3)4)22(32-20)34(30,31)26-24(5,6)7/h13-14,17,26H,8-12,15H2,1-7H3,(H2,25,28,29). The Balaban J connectivity index is 2.21. The van der Waals surface area contributed by atoms with E-state index in [2.05, 4.69) is 4.72 Å². The van der Waals surface area contributed by atoms with Gasteiger partial charge in [-0.1, -0.05) is 40.0 Å². The van der Waals surface area contributed by atoms with E-state index in [1.807, 2.05) is 52.2 Å². The second-order valence-corrected chi connectivity index (χ2v) is 16.0. The van der Waals surface area contributed by atoms with Gasteiger partial charge in [0, 0.05) is 17.8 Å². The Labute approximate surface area is 209 Å². The van der Waals surface area contributed by atoms with Crippen molar-refractivity contribution in [1.82, 2.24) is 9.29 Å². The smallest absolute Gasteiger partial charge is 0.250 e. The Hall–Kier alpha value is -1.20. The summed E-state index contributed by atoms with van der Waals surface area (Å²) in [5.74, 6) is 0.458. The highest BCUT2D eigenvalue weighted by Gasteiger charge is 2.33. The number of hydrogen-bond donors (Lipinski definition) is 2. The van der Waals surface area contributed by atoms with Crippen molar-refractivity contribution in [2.75, 3.05) is 0 Å². The van der Waals surface area contributed by atoms with Gasteiger partial charge in [-0.05, 0) is 69.6 Å². The summed E-state index contributed by atoms with van der Waals surface area (Å²) in [6.45, 7) is 13.9. The molecule has 0 saturated heterocycles. The average Bonchev–Trinajstić information content (AvgIpc) is 3.23. The zero-order chi connectivity index (χ0) is 25.7. The molecule has 34 heavy (non-hydrogen) atoms. The van der Waals surface area contributed by atoms with Crippen LogP contribution in [0.25, 0.3) is 10.6 Å². The van der Waals surface area contributed by atoms with E-state index >= 15 is 0 Å². The molecule has 1 aliphatic rings. The number of aromatic nitrogens is 1. The van der Waals surface area contributed by atoms with Crippen LogP contribution in [0.2, 0.25) is 0 Å². The monoisotopic (exact) mass is 529 g/mol. The molecule has 7 nitrogen and oxygen atoms in total. The number of nitrogens with two attached hydrogens (primary N) is 1. The van der Waals surface area contributed by atoms with E-state index in [4.69, 9.17) is 5.14 Å². The van der Waals surface area contributed by atoms with Crippen molar-refractivity contribution in [2.24, 2.45) is 11.1 Å². The van der Waals surface area contributed by atoms with Gasteiger partial charge in [0.1, 0.15) is 9.10 Å². The molecule has 3 N–H and O–H groups in total. The van der Waals surface area contributed by atoms with Crippen molar-refractivity contribution in [3.05, 3.63) is 23.4 Å².